The van der Waals surface area contributed by atoms with E-state index >= 15 is 0 Å². The third-order valence-electron chi connectivity index (χ3n) is 5.64. The molecule has 0 fully saturated rings. The number of nitro groups is 1. The molecule has 0 saturated carbocycles. The van der Waals surface area contributed by atoms with Crippen LogP contribution in [0.3, 0.4) is 0 Å². The molecule has 2 heterocycles. The molecule has 1 aliphatic heterocycles. The molecule has 3 aromatic carbocycles. The van der Waals surface area contributed by atoms with Gasteiger partial charge in [0.05, 0.1) is 4.92 Å². The van der Waals surface area contributed by atoms with Gasteiger partial charge in [-0.05, 0) is 35.7 Å². The molecule has 0 atom stereocenters. The Morgan fingerprint density at radius 1 is 0.975 bits per heavy atom. The number of hydrogen-bond acceptors (Lipinski definition) is 9. The van der Waals surface area contributed by atoms with Crippen molar-refractivity contribution >= 4 is 38.8 Å². The molecule has 4 aromatic rings. The summed E-state index contributed by atoms with van der Waals surface area (Å²) < 4.78 is 45.7. The maximum absolute atomic E-state index is 13.2. The van der Waals surface area contributed by atoms with Crippen molar-refractivity contribution in [2.45, 2.75) is 4.21 Å². The minimum absolute atomic E-state index is 0.0233. The van der Waals surface area contributed by atoms with Gasteiger partial charge in [0.25, 0.3) is 15.7 Å². The molecular formula is C26H22N4O8S2. The topological polar surface area (TPSA) is 158 Å². The zero-order chi connectivity index (χ0) is 28.1. The summed E-state index contributed by atoms with van der Waals surface area (Å²) in [6.07, 6.45) is 0. The number of rotatable bonds is 10. The molecule has 40 heavy (non-hydrogen) atoms. The second-order valence-electron chi connectivity index (χ2n) is 8.32. The molecule has 14 heteroatoms. The predicted octanol–water partition coefficient (Wildman–Crippen LogP) is 4.94. The van der Waals surface area contributed by atoms with Gasteiger partial charge in [0.1, 0.15) is 15.7 Å². The predicted molar refractivity (Wildman–Crippen MR) is 148 cm³/mol. The number of urea groups is 1. The largest absolute Gasteiger partial charge is 0.457 e. The van der Waals surface area contributed by atoms with Crippen LogP contribution in [0.2, 0.25) is 0 Å². The Balaban J connectivity index is 1.22. The lowest BCUT2D eigenvalue weighted by atomic mass is 10.1. The molecule has 0 aliphatic carbocycles. The highest BCUT2D eigenvalue weighted by Crippen LogP contribution is 2.41. The van der Waals surface area contributed by atoms with Gasteiger partial charge in [-0.15, -0.1) is 11.3 Å². The van der Waals surface area contributed by atoms with E-state index in [1.807, 2.05) is 0 Å². The van der Waals surface area contributed by atoms with Crippen LogP contribution < -0.4 is 29.6 Å². The van der Waals surface area contributed by atoms with E-state index in [0.717, 1.165) is 11.3 Å². The fourth-order valence-corrected chi connectivity index (χ4v) is 6.30. The number of hydrogen-bond donors (Lipinski definition) is 3. The smallest absolute Gasteiger partial charge is 0.319 e. The molecule has 5 rings (SSSR count). The summed E-state index contributed by atoms with van der Waals surface area (Å²) >= 11 is 1.06. The zero-order valence-corrected chi connectivity index (χ0v) is 22.3. The first-order chi connectivity index (χ1) is 19.3. The average Bonchev–Trinajstić information content (AvgIpc) is 3.62. The standard InChI is InChI=1S/C26H22N4O8S2/c31-26(29-17-4-3-5-18(14-17)30(32)33)27-11-12-28-40(34,35)25-21(10-13-39-25)20-6-1-2-7-22(20)38-19-8-9-23-24(15-19)37-16-36-23/h1-10,13-15,28H,11-12,16H2,(H2,27,29,31). The highest BCUT2D eigenvalue weighted by molar-refractivity contribution is 7.91. The molecule has 0 unspecified atom stereocenters. The third kappa shape index (κ3) is 6.14. The number of carbonyl (C=O) groups excluding carboxylic acids is 1. The first-order valence-corrected chi connectivity index (χ1v) is 14.2. The van der Waals surface area contributed by atoms with Gasteiger partial charge in [-0.1, -0.05) is 24.3 Å². The van der Waals surface area contributed by atoms with Crippen LogP contribution in [0, 0.1) is 10.1 Å². The second-order valence-corrected chi connectivity index (χ2v) is 11.2. The lowest BCUT2D eigenvalue weighted by Crippen LogP contribution is -2.36. The summed E-state index contributed by atoms with van der Waals surface area (Å²) in [5.41, 5.74) is 1.11. The van der Waals surface area contributed by atoms with Gasteiger partial charge in [0.15, 0.2) is 11.5 Å². The summed E-state index contributed by atoms with van der Waals surface area (Å²) in [5.74, 6) is 2.14. The van der Waals surface area contributed by atoms with E-state index in [1.165, 1.54) is 24.3 Å². The van der Waals surface area contributed by atoms with Crippen molar-refractivity contribution in [1.29, 1.82) is 0 Å². The molecule has 1 aliphatic rings. The number of benzene rings is 3. The van der Waals surface area contributed by atoms with E-state index in [0.29, 0.717) is 34.1 Å². The molecule has 0 spiro atoms. The number of para-hydroxylation sites is 1. The third-order valence-corrected chi connectivity index (χ3v) is 8.59. The van der Waals surface area contributed by atoms with E-state index in [-0.39, 0.29) is 35.5 Å². The van der Waals surface area contributed by atoms with Crippen molar-refractivity contribution < 1.29 is 32.3 Å². The van der Waals surface area contributed by atoms with Crippen LogP contribution in [0.4, 0.5) is 16.2 Å². The minimum Gasteiger partial charge on any atom is -0.457 e. The number of non-ortho nitro benzene ring substituents is 1. The number of carbonyl (C=O) groups is 1. The van der Waals surface area contributed by atoms with Crippen molar-refractivity contribution in [2.75, 3.05) is 25.2 Å². The van der Waals surface area contributed by atoms with Crippen LogP contribution in [0.15, 0.2) is 82.4 Å². The monoisotopic (exact) mass is 582 g/mol. The van der Waals surface area contributed by atoms with E-state index in [2.05, 4.69) is 15.4 Å². The fourth-order valence-electron chi connectivity index (χ4n) is 3.85. The molecule has 0 bridgehead atoms. The highest BCUT2D eigenvalue weighted by atomic mass is 32.2. The Labute approximate surface area is 232 Å². The maximum atomic E-state index is 13.2. The van der Waals surface area contributed by atoms with Gasteiger partial charge in [-0.2, -0.15) is 0 Å². The molecule has 0 saturated heterocycles. The van der Waals surface area contributed by atoms with Gasteiger partial charge in [-0.3, -0.25) is 10.1 Å². The van der Waals surface area contributed by atoms with Crippen LogP contribution in [-0.4, -0.2) is 39.3 Å². The Hall–Kier alpha value is -4.66. The van der Waals surface area contributed by atoms with E-state index in [1.54, 1.807) is 53.9 Å². The van der Waals surface area contributed by atoms with Crippen LogP contribution in [0.1, 0.15) is 0 Å². The number of sulfonamides is 1. The molecular weight excluding hydrogens is 560 g/mol. The van der Waals surface area contributed by atoms with Gasteiger partial charge >= 0.3 is 6.03 Å². The average molecular weight is 583 g/mol. The van der Waals surface area contributed by atoms with Gasteiger partial charge in [0.2, 0.25) is 6.79 Å². The van der Waals surface area contributed by atoms with Crippen molar-refractivity contribution in [3.05, 3.63) is 88.3 Å². The summed E-state index contributed by atoms with van der Waals surface area (Å²) in [6, 6.07) is 18.8. The number of anilines is 1. The quantitative estimate of drug-likeness (QED) is 0.135. The Kier molecular flexibility index (Phi) is 7.82. The first-order valence-electron chi connectivity index (χ1n) is 11.8. The van der Waals surface area contributed by atoms with Crippen LogP contribution in [-0.2, 0) is 10.0 Å². The summed E-state index contributed by atoms with van der Waals surface area (Å²) in [6.45, 7) is 0.0262. The summed E-state index contributed by atoms with van der Waals surface area (Å²) in [5, 5.41) is 17.6. The maximum Gasteiger partial charge on any atom is 0.319 e. The molecule has 3 N–H and O–H groups in total. The Bertz CT molecular complexity index is 1670. The lowest BCUT2D eigenvalue weighted by molar-refractivity contribution is -0.384. The molecule has 1 aromatic heterocycles. The minimum atomic E-state index is -3.94. The number of nitrogens with zero attached hydrogens (tertiary/aromatic N) is 1. The Morgan fingerprint density at radius 2 is 1.80 bits per heavy atom. The van der Waals surface area contributed by atoms with Crippen LogP contribution >= 0.6 is 11.3 Å². The molecule has 2 amide bonds. The number of ether oxygens (including phenoxy) is 3. The van der Waals surface area contributed by atoms with Crippen molar-refractivity contribution in [1.82, 2.24) is 10.0 Å². The Morgan fingerprint density at radius 3 is 2.65 bits per heavy atom. The number of nitrogens with one attached hydrogen (secondary N) is 3. The summed E-state index contributed by atoms with van der Waals surface area (Å²) in [7, 11) is -3.94. The van der Waals surface area contributed by atoms with Crippen LogP contribution in [0.25, 0.3) is 11.1 Å². The second kappa shape index (κ2) is 11.6. The normalized spacial score (nSPS) is 12.1. The fraction of sp³-hybridized carbons (Fsp3) is 0.115. The molecule has 0 radical (unpaired) electrons. The summed E-state index contributed by atoms with van der Waals surface area (Å²) in [4.78, 5) is 22.5. The van der Waals surface area contributed by atoms with Gasteiger partial charge < -0.3 is 24.8 Å². The number of fused-ring (bicyclic) bond motifs is 1. The van der Waals surface area contributed by atoms with E-state index in [9.17, 15) is 23.3 Å². The number of thiophene rings is 1. The van der Waals surface area contributed by atoms with Gasteiger partial charge in [0, 0.05) is 48.1 Å². The zero-order valence-electron chi connectivity index (χ0n) is 20.7. The number of amides is 2. The highest BCUT2D eigenvalue weighted by Gasteiger charge is 2.23. The van der Waals surface area contributed by atoms with Crippen LogP contribution in [0.5, 0.6) is 23.0 Å². The number of nitro benzene ring substituents is 1. The van der Waals surface area contributed by atoms with Crippen molar-refractivity contribution in [2.24, 2.45) is 0 Å². The first kappa shape index (κ1) is 26.9. The van der Waals surface area contributed by atoms with E-state index in [4.69, 9.17) is 14.2 Å². The van der Waals surface area contributed by atoms with Gasteiger partial charge in [-0.25, -0.2) is 17.9 Å². The lowest BCUT2D eigenvalue weighted by Gasteiger charge is -2.13. The van der Waals surface area contributed by atoms with Crippen molar-refractivity contribution in [3.8, 4) is 34.1 Å². The SMILES string of the molecule is O=C(NCCNS(=O)(=O)c1sccc1-c1ccccc1Oc1ccc2c(c1)OCO2)Nc1cccc([N+](=O)[O-])c1. The molecule has 206 valence electrons. The van der Waals surface area contributed by atoms with E-state index < -0.39 is 21.0 Å². The molecule has 12 nitrogen and oxygen atoms in total. The van der Waals surface area contributed by atoms with Crippen molar-refractivity contribution in [3.63, 3.8) is 0 Å².